The minimum atomic E-state index is -0.863. The molecule has 0 saturated heterocycles. The van der Waals surface area contributed by atoms with E-state index in [2.05, 4.69) is 10.6 Å². The first-order valence-electron chi connectivity index (χ1n) is 10.3. The van der Waals surface area contributed by atoms with E-state index >= 15 is 0 Å². The Labute approximate surface area is 177 Å². The van der Waals surface area contributed by atoms with Crippen molar-refractivity contribution in [1.29, 1.82) is 0 Å². The number of nitrogens with one attached hydrogen (secondary N) is 2. The Bertz CT molecular complexity index is 935. The molecule has 2 amide bonds. The zero-order valence-electron chi connectivity index (χ0n) is 17.7. The van der Waals surface area contributed by atoms with Gasteiger partial charge in [-0.3, -0.25) is 4.79 Å². The van der Waals surface area contributed by atoms with Crippen LogP contribution in [-0.4, -0.2) is 29.9 Å². The van der Waals surface area contributed by atoms with E-state index in [0.717, 1.165) is 24.8 Å². The molecule has 2 N–H and O–H groups in total. The van der Waals surface area contributed by atoms with Gasteiger partial charge in [0.05, 0.1) is 5.56 Å². The highest BCUT2D eigenvalue weighted by Crippen LogP contribution is 2.23. The summed E-state index contributed by atoms with van der Waals surface area (Å²) in [6, 6.07) is 12.3. The Morgan fingerprint density at radius 2 is 1.60 bits per heavy atom. The van der Waals surface area contributed by atoms with Crippen LogP contribution >= 0.6 is 0 Å². The second-order valence-electron chi connectivity index (χ2n) is 7.93. The summed E-state index contributed by atoms with van der Waals surface area (Å²) in [4.78, 5) is 36.7. The number of urea groups is 1. The van der Waals surface area contributed by atoms with Gasteiger partial charge in [-0.15, -0.1) is 0 Å². The largest absolute Gasteiger partial charge is 0.451 e. The maximum Gasteiger partial charge on any atom is 0.338 e. The first-order valence-corrected chi connectivity index (χ1v) is 10.3. The Balaban J connectivity index is 1.54. The number of Topliss-reactive ketones (excluding diaryl/α,β-unsaturated/α-hetero) is 1. The number of aryl methyl sites for hydroxylation is 2. The summed E-state index contributed by atoms with van der Waals surface area (Å²) in [5.41, 5.74) is 4.31. The Kier molecular flexibility index (Phi) is 6.87. The average Bonchev–Trinajstić information content (AvgIpc) is 3.19. The van der Waals surface area contributed by atoms with E-state index < -0.39 is 12.1 Å². The van der Waals surface area contributed by atoms with Crippen LogP contribution in [0.15, 0.2) is 42.5 Å². The molecular formula is C24H28N2O4. The van der Waals surface area contributed by atoms with Crippen molar-refractivity contribution in [2.45, 2.75) is 58.7 Å². The van der Waals surface area contributed by atoms with Crippen LogP contribution in [0, 0.1) is 0 Å². The molecule has 0 aliphatic heterocycles. The Morgan fingerprint density at radius 3 is 2.30 bits per heavy atom. The van der Waals surface area contributed by atoms with Crippen LogP contribution < -0.4 is 10.6 Å². The van der Waals surface area contributed by atoms with Gasteiger partial charge in [0.2, 0.25) is 5.78 Å². The van der Waals surface area contributed by atoms with Crippen LogP contribution in [0.3, 0.4) is 0 Å². The van der Waals surface area contributed by atoms with Gasteiger partial charge in [-0.25, -0.2) is 9.59 Å². The van der Waals surface area contributed by atoms with Crippen molar-refractivity contribution in [3.63, 3.8) is 0 Å². The number of carbonyl (C=O) groups is 3. The molecule has 0 saturated carbocycles. The first kappa shape index (κ1) is 21.6. The van der Waals surface area contributed by atoms with Gasteiger partial charge in [0, 0.05) is 18.2 Å². The number of carbonyl (C=O) groups excluding carboxylic acids is 3. The highest BCUT2D eigenvalue weighted by atomic mass is 16.5. The van der Waals surface area contributed by atoms with Gasteiger partial charge >= 0.3 is 12.0 Å². The second-order valence-corrected chi connectivity index (χ2v) is 7.93. The zero-order chi connectivity index (χ0) is 21.7. The third-order valence-corrected chi connectivity index (χ3v) is 5.10. The highest BCUT2D eigenvalue weighted by molar-refractivity contribution is 6.01. The van der Waals surface area contributed by atoms with Gasteiger partial charge in [0.15, 0.2) is 6.10 Å². The molecule has 0 unspecified atom stereocenters. The fourth-order valence-electron chi connectivity index (χ4n) is 3.50. The maximum absolute atomic E-state index is 12.7. The molecule has 3 rings (SSSR count). The number of rotatable bonds is 7. The van der Waals surface area contributed by atoms with Crippen molar-refractivity contribution in [3.8, 4) is 0 Å². The lowest BCUT2D eigenvalue weighted by Crippen LogP contribution is -2.39. The van der Waals surface area contributed by atoms with Gasteiger partial charge < -0.3 is 15.4 Å². The molecule has 1 aliphatic rings. The Hall–Kier alpha value is -3.15. The van der Waals surface area contributed by atoms with Crippen LogP contribution in [0.2, 0.25) is 0 Å². The minimum absolute atomic E-state index is 0.0589. The maximum atomic E-state index is 12.7. The van der Waals surface area contributed by atoms with E-state index in [-0.39, 0.29) is 17.9 Å². The number of fused-ring (bicyclic) bond motifs is 1. The van der Waals surface area contributed by atoms with Crippen molar-refractivity contribution in [2.75, 3.05) is 0 Å². The van der Waals surface area contributed by atoms with Crippen LogP contribution in [0.5, 0.6) is 0 Å². The molecule has 2 aromatic carbocycles. The lowest BCUT2D eigenvalue weighted by Gasteiger charge is -2.14. The van der Waals surface area contributed by atoms with E-state index in [1.165, 1.54) is 11.1 Å². The number of ether oxygens (including phenoxy) is 1. The first-order chi connectivity index (χ1) is 14.3. The second kappa shape index (κ2) is 9.57. The summed E-state index contributed by atoms with van der Waals surface area (Å²) in [5.74, 6) is -0.746. The van der Waals surface area contributed by atoms with E-state index in [1.54, 1.807) is 31.2 Å². The normalized spacial score (nSPS) is 13.5. The van der Waals surface area contributed by atoms with Gasteiger partial charge in [-0.05, 0) is 74.9 Å². The lowest BCUT2D eigenvalue weighted by atomic mass is 10.0. The fraction of sp³-hybridized carbons (Fsp3) is 0.375. The molecule has 30 heavy (non-hydrogen) atoms. The predicted octanol–water partition coefficient (Wildman–Crippen LogP) is 3.81. The molecule has 0 aromatic heterocycles. The summed E-state index contributed by atoms with van der Waals surface area (Å²) in [5, 5.41) is 5.50. The van der Waals surface area contributed by atoms with E-state index in [0.29, 0.717) is 17.7 Å². The number of benzene rings is 2. The number of hydrogen-bond donors (Lipinski definition) is 2. The van der Waals surface area contributed by atoms with Crippen LogP contribution in [-0.2, 0) is 24.1 Å². The number of ketones is 1. The molecule has 0 fully saturated rings. The van der Waals surface area contributed by atoms with Crippen LogP contribution in [0.25, 0.3) is 0 Å². The van der Waals surface area contributed by atoms with Crippen molar-refractivity contribution in [1.82, 2.24) is 10.6 Å². The third kappa shape index (κ3) is 5.47. The smallest absolute Gasteiger partial charge is 0.338 e. The van der Waals surface area contributed by atoms with Gasteiger partial charge in [0.25, 0.3) is 0 Å². The molecule has 0 bridgehead atoms. The molecule has 0 heterocycles. The highest BCUT2D eigenvalue weighted by Gasteiger charge is 2.22. The molecule has 0 spiro atoms. The molecule has 158 valence electrons. The number of amides is 2. The summed E-state index contributed by atoms with van der Waals surface area (Å²) >= 11 is 0. The quantitative estimate of drug-likeness (QED) is 0.539. The monoisotopic (exact) mass is 408 g/mol. The topological polar surface area (TPSA) is 84.5 Å². The van der Waals surface area contributed by atoms with Gasteiger partial charge in [-0.1, -0.05) is 24.3 Å². The van der Waals surface area contributed by atoms with Gasteiger partial charge in [-0.2, -0.15) is 0 Å². The van der Waals surface area contributed by atoms with Crippen LogP contribution in [0.1, 0.15) is 64.6 Å². The fourth-order valence-corrected chi connectivity index (χ4v) is 3.50. The standard InChI is InChI=1S/C24H28N2O4/c1-15(2)26-24(29)25-14-17-7-9-19(10-8-17)23(28)30-16(3)22(27)21-12-11-18-5-4-6-20(18)13-21/h7-13,15-16H,4-6,14H2,1-3H3,(H2,25,26,29)/t16-/m1/s1. The van der Waals surface area contributed by atoms with E-state index in [4.69, 9.17) is 4.74 Å². The minimum Gasteiger partial charge on any atom is -0.451 e. The average molecular weight is 408 g/mol. The van der Waals surface area contributed by atoms with Crippen molar-refractivity contribution < 1.29 is 19.1 Å². The molecule has 1 aliphatic carbocycles. The van der Waals surface area contributed by atoms with Crippen molar-refractivity contribution in [3.05, 3.63) is 70.3 Å². The number of esters is 1. The van der Waals surface area contributed by atoms with Gasteiger partial charge in [0.1, 0.15) is 0 Å². The third-order valence-electron chi connectivity index (χ3n) is 5.10. The molecule has 6 heteroatoms. The summed E-state index contributed by atoms with van der Waals surface area (Å²) in [7, 11) is 0. The molecule has 1 atom stereocenters. The van der Waals surface area contributed by atoms with E-state index in [1.807, 2.05) is 32.0 Å². The Morgan fingerprint density at radius 1 is 0.933 bits per heavy atom. The molecule has 0 radical (unpaired) electrons. The SMILES string of the molecule is CC(C)NC(=O)NCc1ccc(C(=O)O[C@H](C)C(=O)c2ccc3c(c2)CCC3)cc1. The number of hydrogen-bond acceptors (Lipinski definition) is 4. The molecular weight excluding hydrogens is 380 g/mol. The van der Waals surface area contributed by atoms with Crippen molar-refractivity contribution >= 4 is 17.8 Å². The summed E-state index contributed by atoms with van der Waals surface area (Å²) in [6.45, 7) is 5.71. The van der Waals surface area contributed by atoms with Crippen LogP contribution in [0.4, 0.5) is 4.79 Å². The summed E-state index contributed by atoms with van der Waals surface area (Å²) < 4.78 is 5.39. The van der Waals surface area contributed by atoms with E-state index in [9.17, 15) is 14.4 Å². The predicted molar refractivity (Wildman–Crippen MR) is 115 cm³/mol. The van der Waals surface area contributed by atoms with Crippen molar-refractivity contribution in [2.24, 2.45) is 0 Å². The molecule has 2 aromatic rings. The lowest BCUT2D eigenvalue weighted by molar-refractivity contribution is 0.0319. The molecule has 6 nitrogen and oxygen atoms in total. The summed E-state index contributed by atoms with van der Waals surface area (Å²) in [6.07, 6.45) is 2.30. The zero-order valence-corrected chi connectivity index (χ0v) is 17.7.